The van der Waals surface area contributed by atoms with Gasteiger partial charge in [-0.3, -0.25) is 14.4 Å². The Bertz CT molecular complexity index is 2000. The van der Waals surface area contributed by atoms with Crippen LogP contribution in [-0.2, 0) is 29.2 Å². The number of carbonyl (C=O) groups excluding carboxylic acids is 1. The molecule has 5 rings (SSSR count). The van der Waals surface area contributed by atoms with E-state index in [9.17, 15) is 36.3 Å². The first-order valence-electron chi connectivity index (χ1n) is 13.9. The Morgan fingerprint density at radius 1 is 0.935 bits per heavy atom. The van der Waals surface area contributed by atoms with Crippen molar-refractivity contribution in [3.63, 3.8) is 0 Å². The first kappa shape index (κ1) is 33.8. The Labute approximate surface area is 259 Å². The number of rotatable bonds is 7. The normalized spacial score (nSPS) is 12.1. The molecule has 1 unspecified atom stereocenters. The molecule has 0 saturated carbocycles. The summed E-state index contributed by atoms with van der Waals surface area (Å²) in [6, 6.07) is 17.9. The van der Waals surface area contributed by atoms with Gasteiger partial charge >= 0.3 is 12.1 Å². The number of benzene rings is 4. The summed E-state index contributed by atoms with van der Waals surface area (Å²) in [4.78, 5) is 34.9. The van der Waals surface area contributed by atoms with Crippen LogP contribution in [0, 0.1) is 11.6 Å². The molecular formula is C34H29F5N2O5. The van der Waals surface area contributed by atoms with Gasteiger partial charge in [0.25, 0.3) is 11.5 Å². The van der Waals surface area contributed by atoms with E-state index in [1.165, 1.54) is 43.0 Å². The summed E-state index contributed by atoms with van der Waals surface area (Å²) in [6.07, 6.45) is -5.06. The molecule has 0 saturated heterocycles. The molecule has 0 aliphatic carbocycles. The van der Waals surface area contributed by atoms with Crippen LogP contribution in [0.3, 0.4) is 0 Å². The second-order valence-electron chi connectivity index (χ2n) is 10.4. The van der Waals surface area contributed by atoms with E-state index >= 15 is 0 Å². The van der Waals surface area contributed by atoms with Crippen molar-refractivity contribution >= 4 is 33.6 Å². The lowest BCUT2D eigenvalue weighted by atomic mass is 9.91. The van der Waals surface area contributed by atoms with Crippen molar-refractivity contribution in [2.75, 3.05) is 7.11 Å². The van der Waals surface area contributed by atoms with Crippen LogP contribution in [0.5, 0.6) is 0 Å². The molecule has 0 radical (unpaired) electrons. The van der Waals surface area contributed by atoms with Crippen molar-refractivity contribution in [2.45, 2.75) is 32.0 Å². The summed E-state index contributed by atoms with van der Waals surface area (Å²) in [6.45, 7) is 1.64. The molecular weight excluding hydrogens is 611 g/mol. The van der Waals surface area contributed by atoms with Crippen LogP contribution in [0.15, 0.2) is 77.6 Å². The van der Waals surface area contributed by atoms with E-state index in [2.05, 4.69) is 0 Å². The third-order valence-corrected chi connectivity index (χ3v) is 7.61. The number of aromatic nitrogens is 1. The molecule has 1 heterocycles. The number of nitrogens with zero attached hydrogens (tertiary/aromatic N) is 1. The quantitative estimate of drug-likeness (QED) is 0.183. The monoisotopic (exact) mass is 640 g/mol. The number of carboxylic acid groups (broad SMARTS) is 1. The highest BCUT2D eigenvalue weighted by Gasteiger charge is 2.38. The van der Waals surface area contributed by atoms with Crippen LogP contribution < -0.4 is 11.3 Å². The van der Waals surface area contributed by atoms with E-state index in [0.717, 1.165) is 12.1 Å². The summed E-state index contributed by atoms with van der Waals surface area (Å²) in [5.74, 6) is -4.03. The molecule has 1 aromatic heterocycles. The van der Waals surface area contributed by atoms with Crippen LogP contribution >= 0.6 is 0 Å². The average molecular weight is 641 g/mol. The number of aryl methyl sites for hydroxylation is 2. The fourth-order valence-corrected chi connectivity index (χ4v) is 5.29. The Kier molecular flexibility index (Phi) is 9.91. The van der Waals surface area contributed by atoms with Gasteiger partial charge in [0, 0.05) is 26.0 Å². The molecule has 1 amide bonds. The predicted octanol–water partition coefficient (Wildman–Crippen LogP) is 7.17. The molecule has 0 aliphatic rings. The molecule has 1 atom stereocenters. The number of aliphatic carboxylic acids is 1. The van der Waals surface area contributed by atoms with Crippen molar-refractivity contribution in [3.8, 4) is 11.1 Å². The highest BCUT2D eigenvalue weighted by molar-refractivity contribution is 6.01. The smallest absolute Gasteiger partial charge is 0.417 e. The van der Waals surface area contributed by atoms with Crippen molar-refractivity contribution < 1.29 is 41.4 Å². The van der Waals surface area contributed by atoms with Gasteiger partial charge in [0.05, 0.1) is 22.7 Å². The molecule has 0 fully saturated rings. The zero-order chi connectivity index (χ0) is 33.9. The average Bonchev–Trinajstić information content (AvgIpc) is 3.00. The maximum atomic E-state index is 14.3. The first-order valence-corrected chi connectivity index (χ1v) is 13.9. The number of carbonyl (C=O) groups is 2. The summed E-state index contributed by atoms with van der Waals surface area (Å²) >= 11 is 0. The maximum absolute atomic E-state index is 14.3. The van der Waals surface area contributed by atoms with E-state index in [1.54, 1.807) is 43.3 Å². The van der Waals surface area contributed by atoms with Gasteiger partial charge in [0.1, 0.15) is 17.2 Å². The van der Waals surface area contributed by atoms with E-state index in [-0.39, 0.29) is 29.3 Å². The number of halogens is 5. The summed E-state index contributed by atoms with van der Waals surface area (Å²) in [7, 11) is 2.88. The number of carboxylic acids is 1. The van der Waals surface area contributed by atoms with Gasteiger partial charge in [-0.05, 0) is 59.0 Å². The molecule has 7 nitrogen and oxygen atoms in total. The lowest BCUT2D eigenvalue weighted by Crippen LogP contribution is -2.24. The van der Waals surface area contributed by atoms with Crippen LogP contribution in [0.1, 0.15) is 46.5 Å². The minimum absolute atomic E-state index is 0.0499. The van der Waals surface area contributed by atoms with Crippen molar-refractivity contribution in [2.24, 2.45) is 12.8 Å². The van der Waals surface area contributed by atoms with Gasteiger partial charge in [-0.2, -0.15) is 13.2 Å². The van der Waals surface area contributed by atoms with Crippen molar-refractivity contribution in [1.29, 1.82) is 0 Å². The number of amides is 1. The minimum atomic E-state index is -4.74. The Hall–Kier alpha value is -5.10. The third-order valence-electron chi connectivity index (χ3n) is 7.61. The van der Waals surface area contributed by atoms with Gasteiger partial charge in [-0.15, -0.1) is 0 Å². The zero-order valence-electron chi connectivity index (χ0n) is 24.9. The number of para-hydroxylation sites is 1. The second-order valence-corrected chi connectivity index (χ2v) is 10.4. The van der Waals surface area contributed by atoms with Gasteiger partial charge in [0.15, 0.2) is 0 Å². The third kappa shape index (κ3) is 6.76. The molecule has 0 aliphatic heterocycles. The second kappa shape index (κ2) is 13.5. The van der Waals surface area contributed by atoms with Crippen LogP contribution in [0.2, 0.25) is 0 Å². The molecule has 0 spiro atoms. The van der Waals surface area contributed by atoms with Gasteiger partial charge in [-0.1, -0.05) is 54.6 Å². The number of methoxy groups -OCH3 is 1. The molecule has 240 valence electrons. The largest absolute Gasteiger partial charge is 0.481 e. The van der Waals surface area contributed by atoms with E-state index in [1.807, 2.05) is 0 Å². The Balaban J connectivity index is 0.000000270. The summed E-state index contributed by atoms with van der Waals surface area (Å²) < 4.78 is 75.4. The summed E-state index contributed by atoms with van der Waals surface area (Å²) in [5, 5.41) is 10.1. The topological polar surface area (TPSA) is 112 Å². The number of pyridine rings is 1. The van der Waals surface area contributed by atoms with E-state index in [0.29, 0.717) is 21.9 Å². The number of fused-ring (bicyclic) bond motifs is 2. The van der Waals surface area contributed by atoms with Gasteiger partial charge < -0.3 is 20.1 Å². The number of hydrogen-bond acceptors (Lipinski definition) is 4. The number of ether oxygens (including phenoxy) is 1. The molecule has 46 heavy (non-hydrogen) atoms. The van der Waals surface area contributed by atoms with Crippen LogP contribution in [0.4, 0.5) is 22.0 Å². The van der Waals surface area contributed by atoms with E-state index < -0.39 is 58.0 Å². The number of hydrogen-bond donors (Lipinski definition) is 2. The number of alkyl halides is 3. The van der Waals surface area contributed by atoms with E-state index in [4.69, 9.17) is 15.6 Å². The number of primary amides is 1. The van der Waals surface area contributed by atoms with Gasteiger partial charge in [0.2, 0.25) is 0 Å². The Morgan fingerprint density at radius 3 is 2.11 bits per heavy atom. The molecule has 4 aromatic carbocycles. The fourth-order valence-electron chi connectivity index (χ4n) is 5.29. The lowest BCUT2D eigenvalue weighted by Gasteiger charge is -2.19. The number of nitrogens with two attached hydrogens (primary N) is 1. The molecule has 5 aromatic rings. The van der Waals surface area contributed by atoms with Crippen LogP contribution in [-0.4, -0.2) is 28.7 Å². The SMILES string of the molecule is COC(C)c1cc(F)c(C(N)=O)c(F)c1.Cn1c(=O)c(-c2cccc3c(CCC(=O)O)cccc23)c(C(F)(F)F)c2ccccc21. The van der Waals surface area contributed by atoms with Crippen molar-refractivity contribution in [3.05, 3.63) is 117 Å². The fraction of sp³-hybridized carbons (Fsp3) is 0.206. The predicted molar refractivity (Wildman–Crippen MR) is 163 cm³/mol. The highest BCUT2D eigenvalue weighted by atomic mass is 19.4. The zero-order valence-corrected chi connectivity index (χ0v) is 24.9. The minimum Gasteiger partial charge on any atom is -0.481 e. The standard InChI is InChI=1S/C24H18F3NO3.C10H11F2NO2/c1-28-19-11-3-2-7-18(19)22(24(25,26)27)21(23(28)31)17-10-5-8-15-14(12-13-20(29)30)6-4-9-16(15)17;1-5(15-2)6-3-7(11)9(10(13)14)8(12)4-6/h2-11H,12-13H2,1H3,(H,29,30);3-5H,1-2H3,(H2,13,14). The summed E-state index contributed by atoms with van der Waals surface area (Å²) in [5.41, 5.74) is 3.38. The first-order chi connectivity index (χ1) is 21.7. The highest BCUT2D eigenvalue weighted by Crippen LogP contribution is 2.42. The Morgan fingerprint density at radius 2 is 1.52 bits per heavy atom. The van der Waals surface area contributed by atoms with Crippen LogP contribution in [0.25, 0.3) is 32.8 Å². The molecule has 3 N–H and O–H groups in total. The van der Waals surface area contributed by atoms with Gasteiger partial charge in [-0.25, -0.2) is 8.78 Å². The molecule has 12 heteroatoms. The van der Waals surface area contributed by atoms with Crippen molar-refractivity contribution in [1.82, 2.24) is 4.57 Å². The molecule has 0 bridgehead atoms. The maximum Gasteiger partial charge on any atom is 0.417 e. The lowest BCUT2D eigenvalue weighted by molar-refractivity contribution is -0.137.